The zero-order valence-corrected chi connectivity index (χ0v) is 10.2. The molecule has 1 aliphatic heterocycles. The Bertz CT molecular complexity index is 481. The Labute approximate surface area is 102 Å². The van der Waals surface area contributed by atoms with Gasteiger partial charge in [-0.15, -0.1) is 0 Å². The molecule has 0 unspecified atom stereocenters. The van der Waals surface area contributed by atoms with Crippen LogP contribution < -0.4 is 10.2 Å². The van der Waals surface area contributed by atoms with Gasteiger partial charge in [-0.25, -0.2) is 0 Å². The first-order valence-electron chi connectivity index (χ1n) is 6.27. The topological polar surface area (TPSA) is 39.1 Å². The maximum atomic E-state index is 8.92. The van der Waals surface area contributed by atoms with Gasteiger partial charge in [-0.1, -0.05) is 12.8 Å². The first-order valence-corrected chi connectivity index (χ1v) is 6.27. The molecule has 0 amide bonds. The summed E-state index contributed by atoms with van der Waals surface area (Å²) in [6, 6.07) is 8.12. The number of nitrogens with zero attached hydrogens (tertiary/aromatic N) is 2. The zero-order chi connectivity index (χ0) is 11.9. The second-order valence-electron chi connectivity index (χ2n) is 5.19. The summed E-state index contributed by atoms with van der Waals surface area (Å²) in [6.07, 6.45) is 5.21. The molecule has 0 radical (unpaired) electrons. The van der Waals surface area contributed by atoms with E-state index in [-0.39, 0.29) is 0 Å². The molecule has 88 valence electrons. The van der Waals surface area contributed by atoms with E-state index in [1.54, 1.807) is 0 Å². The van der Waals surface area contributed by atoms with E-state index in [0.29, 0.717) is 5.54 Å². The molecule has 1 saturated carbocycles. The summed E-state index contributed by atoms with van der Waals surface area (Å²) in [5.41, 5.74) is 3.37. The molecule has 1 heterocycles. The van der Waals surface area contributed by atoms with Crippen molar-refractivity contribution in [2.45, 2.75) is 31.2 Å². The molecule has 0 saturated heterocycles. The van der Waals surface area contributed by atoms with Crippen LogP contribution in [0.15, 0.2) is 18.2 Å². The van der Waals surface area contributed by atoms with E-state index in [0.717, 1.165) is 17.8 Å². The largest absolute Gasteiger partial charge is 0.381 e. The summed E-state index contributed by atoms with van der Waals surface area (Å²) in [6.45, 7) is 1.01. The van der Waals surface area contributed by atoms with E-state index in [1.807, 2.05) is 12.1 Å². The molecule has 3 heteroatoms. The van der Waals surface area contributed by atoms with Gasteiger partial charge in [0.2, 0.25) is 0 Å². The van der Waals surface area contributed by atoms with Crippen molar-refractivity contribution < 1.29 is 0 Å². The highest BCUT2D eigenvalue weighted by Gasteiger charge is 2.40. The number of fused-ring (bicyclic) bond motifs is 1. The number of nitriles is 1. The van der Waals surface area contributed by atoms with Crippen LogP contribution in [0.1, 0.15) is 31.2 Å². The fraction of sp³-hybridized carbons (Fsp3) is 0.500. The van der Waals surface area contributed by atoms with E-state index in [9.17, 15) is 0 Å². The first kappa shape index (κ1) is 10.5. The molecule has 0 bridgehead atoms. The van der Waals surface area contributed by atoms with Gasteiger partial charge in [0.15, 0.2) is 0 Å². The SMILES string of the molecule is CN1c2ccc(C#N)cc2NCC12CCCC2. The molecule has 1 aromatic carbocycles. The normalized spacial score (nSPS) is 20.8. The van der Waals surface area contributed by atoms with E-state index in [1.165, 1.54) is 31.4 Å². The van der Waals surface area contributed by atoms with Crippen LogP contribution in [0.4, 0.5) is 11.4 Å². The van der Waals surface area contributed by atoms with Gasteiger partial charge >= 0.3 is 0 Å². The van der Waals surface area contributed by atoms with Crippen LogP contribution in [0.3, 0.4) is 0 Å². The predicted octanol–water partition coefficient (Wildman–Crippen LogP) is 2.73. The number of rotatable bonds is 0. The van der Waals surface area contributed by atoms with Gasteiger partial charge in [-0.3, -0.25) is 0 Å². The van der Waals surface area contributed by atoms with Crippen LogP contribution in [0.25, 0.3) is 0 Å². The summed E-state index contributed by atoms with van der Waals surface area (Å²) in [7, 11) is 2.19. The van der Waals surface area contributed by atoms with Crippen molar-refractivity contribution in [3.8, 4) is 6.07 Å². The molecule has 1 aliphatic carbocycles. The van der Waals surface area contributed by atoms with Crippen molar-refractivity contribution in [3.05, 3.63) is 23.8 Å². The quantitative estimate of drug-likeness (QED) is 0.740. The third kappa shape index (κ3) is 1.48. The van der Waals surface area contributed by atoms with E-state index in [4.69, 9.17) is 5.26 Å². The summed E-state index contributed by atoms with van der Waals surface area (Å²) < 4.78 is 0. The standard InChI is InChI=1S/C14H17N3/c1-17-13-5-4-11(9-15)8-12(13)16-10-14(17)6-2-3-7-14/h4-5,8,16H,2-3,6-7,10H2,1H3. The summed E-state index contributed by atoms with van der Waals surface area (Å²) in [4.78, 5) is 2.42. The number of nitrogens with one attached hydrogen (secondary N) is 1. The summed E-state index contributed by atoms with van der Waals surface area (Å²) in [5, 5.41) is 12.4. The smallest absolute Gasteiger partial charge is 0.0992 e. The van der Waals surface area contributed by atoms with E-state index < -0.39 is 0 Å². The van der Waals surface area contributed by atoms with Gasteiger partial charge in [-0.2, -0.15) is 5.26 Å². The van der Waals surface area contributed by atoms with Crippen molar-refractivity contribution in [2.75, 3.05) is 23.8 Å². The van der Waals surface area contributed by atoms with Crippen LogP contribution in [0.5, 0.6) is 0 Å². The second kappa shape index (κ2) is 3.66. The minimum Gasteiger partial charge on any atom is -0.381 e. The highest BCUT2D eigenvalue weighted by Crippen LogP contribution is 2.43. The third-order valence-electron chi connectivity index (χ3n) is 4.34. The van der Waals surface area contributed by atoms with Crippen LogP contribution >= 0.6 is 0 Å². The lowest BCUT2D eigenvalue weighted by Crippen LogP contribution is -2.52. The molecule has 0 aromatic heterocycles. The monoisotopic (exact) mass is 227 g/mol. The van der Waals surface area contributed by atoms with Crippen LogP contribution in [0, 0.1) is 11.3 Å². The minimum atomic E-state index is 0.307. The highest BCUT2D eigenvalue weighted by molar-refractivity contribution is 5.75. The van der Waals surface area contributed by atoms with Crippen LogP contribution in [-0.2, 0) is 0 Å². The summed E-state index contributed by atoms with van der Waals surface area (Å²) >= 11 is 0. The fourth-order valence-electron chi connectivity index (χ4n) is 3.22. The maximum absolute atomic E-state index is 8.92. The van der Waals surface area contributed by atoms with Gasteiger partial charge < -0.3 is 10.2 Å². The number of hydrogen-bond acceptors (Lipinski definition) is 3. The Balaban J connectivity index is 2.01. The van der Waals surface area contributed by atoms with Gasteiger partial charge in [0, 0.05) is 13.6 Å². The van der Waals surface area contributed by atoms with Crippen molar-refractivity contribution in [1.29, 1.82) is 5.26 Å². The molecule has 2 aliphatic rings. The molecule has 0 atom stereocenters. The molecule has 1 N–H and O–H groups in total. The lowest BCUT2D eigenvalue weighted by Gasteiger charge is -2.45. The molecule has 3 rings (SSSR count). The number of likely N-dealkylation sites (N-methyl/N-ethyl adjacent to an activating group) is 1. The van der Waals surface area contributed by atoms with Crippen molar-refractivity contribution >= 4 is 11.4 Å². The number of hydrogen-bond donors (Lipinski definition) is 1. The highest BCUT2D eigenvalue weighted by atomic mass is 15.2. The molecule has 1 spiro atoms. The minimum absolute atomic E-state index is 0.307. The molecule has 3 nitrogen and oxygen atoms in total. The fourth-order valence-corrected chi connectivity index (χ4v) is 3.22. The van der Waals surface area contributed by atoms with Crippen LogP contribution in [0.2, 0.25) is 0 Å². The molecular formula is C14H17N3. The Morgan fingerprint density at radius 3 is 2.82 bits per heavy atom. The Morgan fingerprint density at radius 1 is 1.35 bits per heavy atom. The Morgan fingerprint density at radius 2 is 2.12 bits per heavy atom. The lowest BCUT2D eigenvalue weighted by molar-refractivity contribution is 0.429. The average molecular weight is 227 g/mol. The third-order valence-corrected chi connectivity index (χ3v) is 4.34. The number of benzene rings is 1. The molecule has 1 aromatic rings. The Hall–Kier alpha value is -1.69. The molecule has 17 heavy (non-hydrogen) atoms. The molecule has 1 fully saturated rings. The van der Waals surface area contributed by atoms with Gasteiger partial charge in [0.25, 0.3) is 0 Å². The summed E-state index contributed by atoms with van der Waals surface area (Å²) in [5.74, 6) is 0. The second-order valence-corrected chi connectivity index (χ2v) is 5.19. The van der Waals surface area contributed by atoms with Crippen molar-refractivity contribution in [1.82, 2.24) is 0 Å². The zero-order valence-electron chi connectivity index (χ0n) is 10.2. The predicted molar refractivity (Wildman–Crippen MR) is 69.2 cm³/mol. The maximum Gasteiger partial charge on any atom is 0.0992 e. The van der Waals surface area contributed by atoms with Crippen molar-refractivity contribution in [3.63, 3.8) is 0 Å². The molecular weight excluding hydrogens is 210 g/mol. The number of anilines is 2. The van der Waals surface area contributed by atoms with Crippen LogP contribution in [-0.4, -0.2) is 19.1 Å². The van der Waals surface area contributed by atoms with E-state index >= 15 is 0 Å². The van der Waals surface area contributed by atoms with Gasteiger partial charge in [-0.05, 0) is 31.0 Å². The average Bonchev–Trinajstić information content (AvgIpc) is 2.84. The van der Waals surface area contributed by atoms with Gasteiger partial charge in [0.05, 0.1) is 28.5 Å². The van der Waals surface area contributed by atoms with Crippen molar-refractivity contribution in [2.24, 2.45) is 0 Å². The Kier molecular flexibility index (Phi) is 2.25. The lowest BCUT2D eigenvalue weighted by atomic mass is 9.91. The first-order chi connectivity index (χ1) is 8.25. The van der Waals surface area contributed by atoms with Gasteiger partial charge in [0.1, 0.15) is 0 Å². The van der Waals surface area contributed by atoms with E-state index in [2.05, 4.69) is 29.4 Å².